The third-order valence-corrected chi connectivity index (χ3v) is 11.1. The van der Waals surface area contributed by atoms with Crippen molar-refractivity contribution in [3.8, 4) is 0 Å². The van der Waals surface area contributed by atoms with Gasteiger partial charge in [-0.15, -0.1) is 0 Å². The first-order chi connectivity index (χ1) is 18.1. The van der Waals surface area contributed by atoms with Gasteiger partial charge in [-0.1, -0.05) is 20.8 Å². The normalized spacial score (nSPS) is 37.2. The molecule has 0 spiro atoms. The number of Topliss-reactive ketones (excluding diaryl/α,β-unsaturated/α-hetero) is 2. The van der Waals surface area contributed by atoms with Gasteiger partial charge in [-0.2, -0.15) is 0 Å². The highest BCUT2D eigenvalue weighted by Crippen LogP contribution is 2.67. The molecule has 8 heteroatoms. The Hall–Kier alpha value is -1.80. The summed E-state index contributed by atoms with van der Waals surface area (Å²) in [7, 11) is 0. The van der Waals surface area contributed by atoms with E-state index in [1.54, 1.807) is 0 Å². The van der Waals surface area contributed by atoms with Crippen LogP contribution in [0.25, 0.3) is 0 Å². The highest BCUT2D eigenvalue weighted by Gasteiger charge is 2.63. The smallest absolute Gasteiger partial charge is 0.243 e. The lowest BCUT2D eigenvalue weighted by molar-refractivity contribution is -0.159. The summed E-state index contributed by atoms with van der Waals surface area (Å²) in [4.78, 5) is 48.8. The van der Waals surface area contributed by atoms with E-state index in [0.29, 0.717) is 87.3 Å². The number of nitrogens with one attached hydrogen (secondary N) is 1. The van der Waals surface area contributed by atoms with E-state index < -0.39 is 5.91 Å². The molecular weight excluding hydrogens is 484 g/mol. The fourth-order valence-corrected chi connectivity index (χ4v) is 9.00. The maximum Gasteiger partial charge on any atom is 0.243 e. The third kappa shape index (κ3) is 6.01. The molecule has 0 aromatic rings. The van der Waals surface area contributed by atoms with Gasteiger partial charge in [0, 0.05) is 38.1 Å². The Bertz CT molecular complexity index is 907. The molecule has 2 amide bonds. The molecule has 4 rings (SSSR count). The van der Waals surface area contributed by atoms with Crippen molar-refractivity contribution in [3.63, 3.8) is 0 Å². The highest BCUT2D eigenvalue weighted by molar-refractivity contribution is 5.86. The molecule has 0 aromatic heterocycles. The van der Waals surface area contributed by atoms with Crippen molar-refractivity contribution in [2.24, 2.45) is 52.1 Å². The Morgan fingerprint density at radius 2 is 1.74 bits per heavy atom. The van der Waals surface area contributed by atoms with E-state index in [0.717, 1.165) is 38.5 Å². The molecule has 0 radical (unpaired) electrons. The van der Waals surface area contributed by atoms with Crippen molar-refractivity contribution in [3.05, 3.63) is 0 Å². The van der Waals surface area contributed by atoms with E-state index in [2.05, 4.69) is 26.1 Å². The maximum absolute atomic E-state index is 13.5. The van der Waals surface area contributed by atoms with E-state index in [4.69, 9.17) is 15.2 Å². The number of ketones is 2. The fourth-order valence-electron chi connectivity index (χ4n) is 9.00. The molecule has 0 saturated heterocycles. The molecule has 8 atom stereocenters. The van der Waals surface area contributed by atoms with Crippen LogP contribution in [0.15, 0.2) is 0 Å². The van der Waals surface area contributed by atoms with Crippen molar-refractivity contribution in [1.29, 1.82) is 0 Å². The monoisotopic (exact) mass is 532 g/mol. The summed E-state index contributed by atoms with van der Waals surface area (Å²) in [6.45, 7) is 8.48. The van der Waals surface area contributed by atoms with Crippen molar-refractivity contribution < 1.29 is 28.7 Å². The molecule has 0 bridgehead atoms. The molecule has 0 unspecified atom stereocenters. The predicted octanol–water partition coefficient (Wildman–Crippen LogP) is 3.44. The van der Waals surface area contributed by atoms with Gasteiger partial charge in [0.25, 0.3) is 0 Å². The van der Waals surface area contributed by atoms with E-state index in [1.807, 2.05) is 0 Å². The van der Waals surface area contributed by atoms with Crippen molar-refractivity contribution in [2.75, 3.05) is 33.0 Å². The molecule has 0 aromatic carbocycles. The van der Waals surface area contributed by atoms with Crippen molar-refractivity contribution in [2.45, 2.75) is 85.0 Å². The number of rotatable bonds is 12. The Morgan fingerprint density at radius 3 is 2.50 bits per heavy atom. The predicted molar refractivity (Wildman–Crippen MR) is 143 cm³/mol. The number of amides is 2. The van der Waals surface area contributed by atoms with Gasteiger partial charge in [0.05, 0.1) is 19.8 Å². The molecule has 4 aliphatic carbocycles. The molecule has 4 saturated carbocycles. The van der Waals surface area contributed by atoms with E-state index in [1.165, 1.54) is 0 Å². The average molecular weight is 533 g/mol. The number of hydrogen-bond donors (Lipinski definition) is 2. The molecular formula is C30H48N2O6. The zero-order chi connectivity index (χ0) is 27.5. The first-order valence-electron chi connectivity index (χ1n) is 14.8. The lowest BCUT2D eigenvalue weighted by Gasteiger charge is -2.59. The summed E-state index contributed by atoms with van der Waals surface area (Å²) < 4.78 is 10.4. The number of carbonyl (C=O) groups excluding carboxylic acids is 4. The summed E-state index contributed by atoms with van der Waals surface area (Å²) >= 11 is 0. The molecule has 0 aliphatic heterocycles. The minimum absolute atomic E-state index is 0.0436. The second-order valence-electron chi connectivity index (χ2n) is 13.1. The first-order valence-corrected chi connectivity index (χ1v) is 14.8. The van der Waals surface area contributed by atoms with Crippen LogP contribution in [0.1, 0.15) is 85.0 Å². The van der Waals surface area contributed by atoms with Crippen LogP contribution < -0.4 is 11.1 Å². The minimum atomic E-state index is -0.505. The van der Waals surface area contributed by atoms with Crippen molar-refractivity contribution in [1.82, 2.24) is 5.32 Å². The Kier molecular flexibility index (Phi) is 9.34. The SMILES string of the molecule is C[C@H](CCC(=O)NCCOCCOCC(N)=O)[C@H]1CC[C@H]2[C@@H]3C(=O)C[C@@H]4CC(=O)CC[C@]4(C)[C@H]3CC[C@]12C. The summed E-state index contributed by atoms with van der Waals surface area (Å²) in [6, 6.07) is 0. The van der Waals surface area contributed by atoms with Gasteiger partial charge in [-0.05, 0) is 78.9 Å². The molecule has 8 nitrogen and oxygen atoms in total. The standard InChI is InChI=1S/C30H48N2O6/c1-19(4-7-27(36)32-12-13-37-14-15-38-18-26(31)35)22-5-6-23-28-24(9-11-30(22,23)3)29(2)10-8-21(33)16-20(29)17-25(28)34/h19-20,22-24,28H,4-18H2,1-3H3,(H2,31,35)(H,32,36)/t19-,20+,22-,23+,24+,28+,29+,30-/m1/s1. The Labute approximate surface area is 227 Å². The summed E-state index contributed by atoms with van der Waals surface area (Å²) in [6.07, 6.45) is 8.71. The van der Waals surface area contributed by atoms with Crippen molar-refractivity contribution >= 4 is 23.4 Å². The second kappa shape index (κ2) is 12.2. The molecule has 38 heavy (non-hydrogen) atoms. The lowest BCUT2D eigenvalue weighted by atomic mass is 9.44. The van der Waals surface area contributed by atoms with Crippen LogP contribution >= 0.6 is 0 Å². The number of ether oxygens (including phenoxy) is 2. The quantitative estimate of drug-likeness (QED) is 0.371. The highest BCUT2D eigenvalue weighted by atomic mass is 16.5. The Morgan fingerprint density at radius 1 is 1.00 bits per heavy atom. The van der Waals surface area contributed by atoms with Crippen LogP contribution in [0.4, 0.5) is 0 Å². The molecule has 4 fully saturated rings. The third-order valence-electron chi connectivity index (χ3n) is 11.1. The van der Waals surface area contributed by atoms with E-state index >= 15 is 0 Å². The molecule has 4 aliphatic rings. The van der Waals surface area contributed by atoms with E-state index in [-0.39, 0.29) is 35.2 Å². The average Bonchev–Trinajstić information content (AvgIpc) is 3.22. The summed E-state index contributed by atoms with van der Waals surface area (Å²) in [5.41, 5.74) is 5.30. The molecule has 3 N–H and O–H groups in total. The number of nitrogens with two attached hydrogens (primary N) is 1. The van der Waals surface area contributed by atoms with Gasteiger partial charge in [0.1, 0.15) is 18.2 Å². The van der Waals surface area contributed by atoms with Gasteiger partial charge < -0.3 is 20.5 Å². The topological polar surface area (TPSA) is 125 Å². The van der Waals surface area contributed by atoms with Gasteiger partial charge in [-0.3, -0.25) is 19.2 Å². The zero-order valence-electron chi connectivity index (χ0n) is 23.6. The Balaban J connectivity index is 1.24. The van der Waals surface area contributed by atoms with Gasteiger partial charge >= 0.3 is 0 Å². The van der Waals surface area contributed by atoms with Gasteiger partial charge in [-0.25, -0.2) is 0 Å². The summed E-state index contributed by atoms with van der Waals surface area (Å²) in [5.74, 6) is 2.55. The minimum Gasteiger partial charge on any atom is -0.377 e. The van der Waals surface area contributed by atoms with Crippen LogP contribution in [0.5, 0.6) is 0 Å². The van der Waals surface area contributed by atoms with Gasteiger partial charge in [0.2, 0.25) is 11.8 Å². The van der Waals surface area contributed by atoms with Crippen LogP contribution in [-0.2, 0) is 28.7 Å². The molecule has 214 valence electrons. The number of fused-ring (bicyclic) bond motifs is 5. The first kappa shape index (κ1) is 29.2. The number of carbonyl (C=O) groups is 4. The number of primary amides is 1. The second-order valence-corrected chi connectivity index (χ2v) is 13.1. The fraction of sp³-hybridized carbons (Fsp3) is 0.867. The van der Waals surface area contributed by atoms with Crippen LogP contribution in [0.2, 0.25) is 0 Å². The van der Waals surface area contributed by atoms with Crippen LogP contribution in [0.3, 0.4) is 0 Å². The van der Waals surface area contributed by atoms with E-state index in [9.17, 15) is 19.2 Å². The lowest BCUT2D eigenvalue weighted by Crippen LogP contribution is -2.57. The van der Waals surface area contributed by atoms with Crippen LogP contribution in [-0.4, -0.2) is 56.4 Å². The molecule has 0 heterocycles. The largest absolute Gasteiger partial charge is 0.377 e. The zero-order valence-corrected chi connectivity index (χ0v) is 23.6. The maximum atomic E-state index is 13.5. The summed E-state index contributed by atoms with van der Waals surface area (Å²) in [5, 5.41) is 2.93. The number of hydrogen-bond acceptors (Lipinski definition) is 6. The van der Waals surface area contributed by atoms with Gasteiger partial charge in [0.15, 0.2) is 0 Å². The van der Waals surface area contributed by atoms with Crippen LogP contribution in [0, 0.1) is 46.3 Å².